The van der Waals surface area contributed by atoms with Crippen LogP contribution in [0.5, 0.6) is 0 Å². The van der Waals surface area contributed by atoms with Gasteiger partial charge in [0, 0.05) is 6.61 Å². The molecule has 0 aromatic rings. The molecule has 2 N–H and O–H groups in total. The molecule has 3 nitrogen and oxygen atoms in total. The largest absolute Gasteiger partial charge is 0.396 e. The lowest BCUT2D eigenvalue weighted by molar-refractivity contribution is 0.271. The van der Waals surface area contributed by atoms with Gasteiger partial charge in [0.2, 0.25) is 0 Å². The number of hydrogen-bond acceptors (Lipinski definition) is 3. The Hall–Kier alpha value is -0.410. The number of aliphatic imine (C=N–C) groups is 1. The maximum absolute atomic E-state index is 8.59. The second kappa shape index (κ2) is 8.68. The third kappa shape index (κ3) is 7.69. The number of nitrogens with zero attached hydrogens (tertiary/aromatic N) is 1. The number of aliphatic hydroxyl groups excluding tert-OH is 1. The molecule has 0 rings (SSSR count). The van der Waals surface area contributed by atoms with E-state index in [-0.39, 0.29) is 0 Å². The summed E-state index contributed by atoms with van der Waals surface area (Å²) in [6, 6.07) is 0. The van der Waals surface area contributed by atoms with Crippen molar-refractivity contribution < 1.29 is 5.11 Å². The molecule has 0 aromatic carbocycles. The van der Waals surface area contributed by atoms with E-state index < -0.39 is 0 Å². The minimum atomic E-state index is 0.311. The average molecular weight is 172 g/mol. The van der Waals surface area contributed by atoms with Crippen molar-refractivity contribution in [2.45, 2.75) is 26.2 Å². The Morgan fingerprint density at radius 2 is 2.25 bits per heavy atom. The Balaban J connectivity index is 3.07. The molecule has 0 saturated carbocycles. The van der Waals surface area contributed by atoms with Crippen molar-refractivity contribution in [3.8, 4) is 0 Å². The number of nitrogens with one attached hydrogen (secondary N) is 1. The maximum Gasteiger partial charge on any atom is 0.0877 e. The first kappa shape index (κ1) is 11.6. The van der Waals surface area contributed by atoms with E-state index in [4.69, 9.17) is 5.11 Å². The van der Waals surface area contributed by atoms with E-state index in [2.05, 4.69) is 24.0 Å². The molecular formula is C9H20N2O. The Morgan fingerprint density at radius 1 is 1.50 bits per heavy atom. The van der Waals surface area contributed by atoms with Gasteiger partial charge in [0.15, 0.2) is 0 Å². The fourth-order valence-corrected chi connectivity index (χ4v) is 1.09. The van der Waals surface area contributed by atoms with Gasteiger partial charge in [-0.25, -0.2) is 0 Å². The predicted molar refractivity (Wildman–Crippen MR) is 52.5 cm³/mol. The molecule has 0 fully saturated rings. The summed E-state index contributed by atoms with van der Waals surface area (Å²) in [6.45, 7) is 7.54. The first-order valence-corrected chi connectivity index (χ1v) is 4.55. The zero-order valence-electron chi connectivity index (χ0n) is 7.92. The average Bonchev–Trinajstić information content (AvgIpc) is 2.09. The molecule has 0 bridgehead atoms. The predicted octanol–water partition coefficient (Wildman–Crippen LogP) is 1.03. The van der Waals surface area contributed by atoms with Gasteiger partial charge in [0.25, 0.3) is 0 Å². The molecule has 0 aliphatic carbocycles. The van der Waals surface area contributed by atoms with Crippen LogP contribution in [0.2, 0.25) is 0 Å². The van der Waals surface area contributed by atoms with Crippen molar-refractivity contribution in [3.05, 3.63) is 0 Å². The summed E-state index contributed by atoms with van der Waals surface area (Å²) in [7, 11) is 0. The molecule has 1 atom stereocenters. The van der Waals surface area contributed by atoms with E-state index in [1.165, 1.54) is 0 Å². The molecule has 1 unspecified atom stereocenters. The Bertz CT molecular complexity index is 107. The van der Waals surface area contributed by atoms with Crippen molar-refractivity contribution in [2.75, 3.05) is 19.8 Å². The van der Waals surface area contributed by atoms with Gasteiger partial charge >= 0.3 is 0 Å². The fraction of sp³-hybridized carbons (Fsp3) is 0.889. The van der Waals surface area contributed by atoms with Crippen LogP contribution in [0.15, 0.2) is 4.99 Å². The molecule has 0 aliphatic heterocycles. The SMILES string of the molecule is C=NCNCCC(C)CCCO. The van der Waals surface area contributed by atoms with Gasteiger partial charge in [-0.2, -0.15) is 0 Å². The molecule has 0 spiro atoms. The second-order valence-electron chi connectivity index (χ2n) is 3.14. The molecule has 0 heterocycles. The number of hydrogen-bond donors (Lipinski definition) is 2. The van der Waals surface area contributed by atoms with Gasteiger partial charge in [0.1, 0.15) is 0 Å². The summed E-state index contributed by atoms with van der Waals surface area (Å²) < 4.78 is 0. The zero-order valence-corrected chi connectivity index (χ0v) is 7.92. The standard InChI is InChI=1S/C9H20N2O/c1-9(4-3-7-12)5-6-11-8-10-2/h9,11-12H,2-8H2,1H3. The van der Waals surface area contributed by atoms with Crippen molar-refractivity contribution in [3.63, 3.8) is 0 Å². The molecule has 0 aromatic heterocycles. The number of aliphatic hydroxyl groups is 1. The van der Waals surface area contributed by atoms with E-state index >= 15 is 0 Å². The first-order valence-electron chi connectivity index (χ1n) is 4.55. The maximum atomic E-state index is 8.59. The Labute approximate surface area is 74.9 Å². The molecule has 0 amide bonds. The van der Waals surface area contributed by atoms with Crippen LogP contribution in [0.3, 0.4) is 0 Å². The van der Waals surface area contributed by atoms with Gasteiger partial charge in [0.05, 0.1) is 6.67 Å². The molecule has 0 radical (unpaired) electrons. The van der Waals surface area contributed by atoms with Crippen molar-refractivity contribution in [1.29, 1.82) is 0 Å². The summed E-state index contributed by atoms with van der Waals surface area (Å²) >= 11 is 0. The topological polar surface area (TPSA) is 44.6 Å². The summed E-state index contributed by atoms with van der Waals surface area (Å²) in [5.74, 6) is 0.689. The molecule has 12 heavy (non-hydrogen) atoms. The zero-order chi connectivity index (χ0) is 9.23. The van der Waals surface area contributed by atoms with E-state index in [9.17, 15) is 0 Å². The van der Waals surface area contributed by atoms with E-state index in [1.54, 1.807) is 0 Å². The highest BCUT2D eigenvalue weighted by Crippen LogP contribution is 2.08. The summed E-state index contributed by atoms with van der Waals surface area (Å²) in [6.07, 6.45) is 3.18. The third-order valence-electron chi connectivity index (χ3n) is 1.89. The van der Waals surface area contributed by atoms with Gasteiger partial charge in [-0.3, -0.25) is 10.3 Å². The molecule has 72 valence electrons. The molecule has 3 heteroatoms. The lowest BCUT2D eigenvalue weighted by atomic mass is 10.0. The lowest BCUT2D eigenvalue weighted by Crippen LogP contribution is -2.17. The van der Waals surface area contributed by atoms with Gasteiger partial charge in [-0.1, -0.05) is 6.92 Å². The van der Waals surface area contributed by atoms with Crippen LogP contribution in [0, 0.1) is 5.92 Å². The van der Waals surface area contributed by atoms with Crippen molar-refractivity contribution in [2.24, 2.45) is 10.9 Å². The third-order valence-corrected chi connectivity index (χ3v) is 1.89. The molecule has 0 aliphatic rings. The lowest BCUT2D eigenvalue weighted by Gasteiger charge is -2.09. The van der Waals surface area contributed by atoms with Crippen molar-refractivity contribution in [1.82, 2.24) is 5.32 Å². The Morgan fingerprint density at radius 3 is 2.83 bits per heavy atom. The summed E-state index contributed by atoms with van der Waals surface area (Å²) in [4.78, 5) is 3.69. The van der Waals surface area contributed by atoms with E-state index in [1.807, 2.05) is 0 Å². The summed E-state index contributed by atoms with van der Waals surface area (Å²) in [5, 5.41) is 11.7. The van der Waals surface area contributed by atoms with Crippen LogP contribution in [0.25, 0.3) is 0 Å². The van der Waals surface area contributed by atoms with Crippen LogP contribution in [0.4, 0.5) is 0 Å². The Kier molecular flexibility index (Phi) is 8.39. The van der Waals surface area contributed by atoms with E-state index in [0.717, 1.165) is 25.8 Å². The highest BCUT2D eigenvalue weighted by atomic mass is 16.2. The van der Waals surface area contributed by atoms with Crippen LogP contribution < -0.4 is 5.32 Å². The number of rotatable bonds is 8. The molecular weight excluding hydrogens is 152 g/mol. The minimum absolute atomic E-state index is 0.311. The summed E-state index contributed by atoms with van der Waals surface area (Å²) in [5.41, 5.74) is 0. The molecule has 0 saturated heterocycles. The highest BCUT2D eigenvalue weighted by molar-refractivity contribution is 5.22. The van der Waals surface area contributed by atoms with Gasteiger partial charge < -0.3 is 5.11 Å². The quantitative estimate of drug-likeness (QED) is 0.424. The van der Waals surface area contributed by atoms with Crippen molar-refractivity contribution >= 4 is 6.72 Å². The van der Waals surface area contributed by atoms with Gasteiger partial charge in [-0.05, 0) is 38.4 Å². The minimum Gasteiger partial charge on any atom is -0.396 e. The monoisotopic (exact) mass is 172 g/mol. The van der Waals surface area contributed by atoms with Crippen LogP contribution in [0.1, 0.15) is 26.2 Å². The second-order valence-corrected chi connectivity index (χ2v) is 3.14. The highest BCUT2D eigenvalue weighted by Gasteiger charge is 1.99. The van der Waals surface area contributed by atoms with E-state index in [0.29, 0.717) is 19.2 Å². The van der Waals surface area contributed by atoms with Crippen LogP contribution in [-0.2, 0) is 0 Å². The normalized spacial score (nSPS) is 12.8. The van der Waals surface area contributed by atoms with Crippen LogP contribution >= 0.6 is 0 Å². The smallest absolute Gasteiger partial charge is 0.0877 e. The van der Waals surface area contributed by atoms with Crippen LogP contribution in [-0.4, -0.2) is 31.6 Å². The fourth-order valence-electron chi connectivity index (χ4n) is 1.09. The first-order chi connectivity index (χ1) is 5.81. The van der Waals surface area contributed by atoms with Gasteiger partial charge in [-0.15, -0.1) is 0 Å².